The topological polar surface area (TPSA) is 87.4 Å². The maximum absolute atomic E-state index is 10.4. The molecule has 2 atom stereocenters. The van der Waals surface area contributed by atoms with Gasteiger partial charge in [0.1, 0.15) is 0 Å². The smallest absolute Gasteiger partial charge is 0.303 e. The van der Waals surface area contributed by atoms with Gasteiger partial charge in [-0.1, -0.05) is 0 Å². The van der Waals surface area contributed by atoms with E-state index in [-0.39, 0.29) is 6.42 Å². The van der Waals surface area contributed by atoms with Crippen LogP contribution in [0.3, 0.4) is 0 Å². The lowest BCUT2D eigenvalue weighted by atomic mass is 10.0. The normalized spacial score (nSPS) is 26.5. The second-order valence-corrected chi connectivity index (χ2v) is 4.07. The number of nitrogens with one attached hydrogen (secondary N) is 2. The number of hydrogen-bond acceptors (Lipinski definition) is 4. The van der Waals surface area contributed by atoms with Crippen LogP contribution < -0.4 is 16.4 Å². The highest BCUT2D eigenvalue weighted by molar-refractivity contribution is 5.66. The molecule has 0 aromatic heterocycles. The van der Waals surface area contributed by atoms with E-state index in [0.29, 0.717) is 18.5 Å². The van der Waals surface area contributed by atoms with E-state index in [9.17, 15) is 4.79 Å². The van der Waals surface area contributed by atoms with E-state index in [1.54, 1.807) is 0 Å². The molecule has 5 heteroatoms. The van der Waals surface area contributed by atoms with Crippen LogP contribution in [-0.4, -0.2) is 42.8 Å². The molecule has 5 N–H and O–H groups in total. The fourth-order valence-electron chi connectivity index (χ4n) is 1.83. The third-order valence-corrected chi connectivity index (χ3v) is 2.77. The maximum Gasteiger partial charge on any atom is 0.303 e. The van der Waals surface area contributed by atoms with Gasteiger partial charge in [-0.05, 0) is 25.8 Å². The van der Waals surface area contributed by atoms with E-state index in [1.165, 1.54) is 0 Å². The largest absolute Gasteiger partial charge is 0.481 e. The molecule has 1 aliphatic rings. The highest BCUT2D eigenvalue weighted by atomic mass is 16.4. The second kappa shape index (κ2) is 6.76. The van der Waals surface area contributed by atoms with Crippen molar-refractivity contribution in [2.24, 2.45) is 5.73 Å². The van der Waals surface area contributed by atoms with E-state index in [1.807, 2.05) is 0 Å². The number of piperazine rings is 1. The van der Waals surface area contributed by atoms with Gasteiger partial charge in [-0.2, -0.15) is 0 Å². The maximum atomic E-state index is 10.4. The molecule has 88 valence electrons. The first-order valence-electron chi connectivity index (χ1n) is 5.61. The summed E-state index contributed by atoms with van der Waals surface area (Å²) < 4.78 is 0. The molecule has 1 aliphatic heterocycles. The molecule has 0 unspecified atom stereocenters. The van der Waals surface area contributed by atoms with Gasteiger partial charge < -0.3 is 21.5 Å². The summed E-state index contributed by atoms with van der Waals surface area (Å²) in [5.41, 5.74) is 5.44. The standard InChI is InChI=1S/C10H21N3O2/c11-5-1-2-8-6-13-9(7-12-8)3-4-10(14)15/h8-9,12-13H,1-7,11H2,(H,14,15)/t8-,9-/m0/s1. The number of carboxylic acids is 1. The zero-order chi connectivity index (χ0) is 11.1. The summed E-state index contributed by atoms with van der Waals surface area (Å²) in [6.07, 6.45) is 3.08. The highest BCUT2D eigenvalue weighted by Gasteiger charge is 2.19. The molecular weight excluding hydrogens is 194 g/mol. The monoisotopic (exact) mass is 215 g/mol. The Kier molecular flexibility index (Phi) is 5.60. The van der Waals surface area contributed by atoms with Crippen molar-refractivity contribution < 1.29 is 9.90 Å². The first-order valence-corrected chi connectivity index (χ1v) is 5.61. The number of carbonyl (C=O) groups is 1. The first-order chi connectivity index (χ1) is 7.22. The van der Waals surface area contributed by atoms with Crippen molar-refractivity contribution >= 4 is 5.97 Å². The SMILES string of the molecule is NCCC[C@H]1CN[C@@H](CCC(=O)O)CN1. The van der Waals surface area contributed by atoms with Gasteiger partial charge in [-0.15, -0.1) is 0 Å². The number of carboxylic acid groups (broad SMARTS) is 1. The summed E-state index contributed by atoms with van der Waals surface area (Å²) in [7, 11) is 0. The molecule has 0 aromatic carbocycles. The fraction of sp³-hybridized carbons (Fsp3) is 0.900. The van der Waals surface area contributed by atoms with Crippen LogP contribution in [0.15, 0.2) is 0 Å². The van der Waals surface area contributed by atoms with Gasteiger partial charge in [-0.25, -0.2) is 0 Å². The molecule has 0 bridgehead atoms. The number of rotatable bonds is 6. The van der Waals surface area contributed by atoms with Crippen LogP contribution in [0.4, 0.5) is 0 Å². The van der Waals surface area contributed by atoms with Gasteiger partial charge in [0, 0.05) is 31.6 Å². The average molecular weight is 215 g/mol. The van der Waals surface area contributed by atoms with Crippen LogP contribution >= 0.6 is 0 Å². The van der Waals surface area contributed by atoms with Crippen molar-refractivity contribution in [3.63, 3.8) is 0 Å². The lowest BCUT2D eigenvalue weighted by molar-refractivity contribution is -0.137. The molecule has 0 aliphatic carbocycles. The van der Waals surface area contributed by atoms with Crippen LogP contribution in [-0.2, 0) is 4.79 Å². The van der Waals surface area contributed by atoms with Gasteiger partial charge in [0.2, 0.25) is 0 Å². The van der Waals surface area contributed by atoms with Gasteiger partial charge >= 0.3 is 5.97 Å². The average Bonchev–Trinajstić information content (AvgIpc) is 2.25. The third kappa shape index (κ3) is 5.11. The van der Waals surface area contributed by atoms with Crippen LogP contribution in [0.2, 0.25) is 0 Å². The molecule has 1 rings (SSSR count). The quantitative estimate of drug-likeness (QED) is 0.481. The number of hydrogen-bond donors (Lipinski definition) is 4. The predicted octanol–water partition coefficient (Wildman–Crippen LogP) is -0.480. The van der Waals surface area contributed by atoms with E-state index in [4.69, 9.17) is 10.8 Å². The van der Waals surface area contributed by atoms with E-state index in [0.717, 1.165) is 32.5 Å². The Morgan fingerprint density at radius 2 is 1.87 bits per heavy atom. The molecule has 1 saturated heterocycles. The summed E-state index contributed by atoms with van der Waals surface area (Å²) in [6.45, 7) is 2.52. The molecule has 1 heterocycles. The van der Waals surface area contributed by atoms with E-state index >= 15 is 0 Å². The Hall–Kier alpha value is -0.650. The minimum absolute atomic E-state index is 0.243. The zero-order valence-corrected chi connectivity index (χ0v) is 9.04. The summed E-state index contributed by atoms with van der Waals surface area (Å²) in [5.74, 6) is -0.720. The van der Waals surface area contributed by atoms with Crippen molar-refractivity contribution in [2.45, 2.75) is 37.8 Å². The van der Waals surface area contributed by atoms with Crippen molar-refractivity contribution in [1.29, 1.82) is 0 Å². The predicted molar refractivity (Wildman–Crippen MR) is 58.7 cm³/mol. The minimum Gasteiger partial charge on any atom is -0.481 e. The van der Waals surface area contributed by atoms with Crippen LogP contribution in [0.25, 0.3) is 0 Å². The second-order valence-electron chi connectivity index (χ2n) is 4.07. The summed E-state index contributed by atoms with van der Waals surface area (Å²) >= 11 is 0. The summed E-state index contributed by atoms with van der Waals surface area (Å²) in [5, 5.41) is 15.3. The molecular formula is C10H21N3O2. The Morgan fingerprint density at radius 1 is 1.27 bits per heavy atom. The molecule has 0 amide bonds. The van der Waals surface area contributed by atoms with Crippen LogP contribution in [0.5, 0.6) is 0 Å². The van der Waals surface area contributed by atoms with Crippen LogP contribution in [0.1, 0.15) is 25.7 Å². The van der Waals surface area contributed by atoms with Crippen molar-refractivity contribution in [2.75, 3.05) is 19.6 Å². The third-order valence-electron chi connectivity index (χ3n) is 2.77. The molecule has 15 heavy (non-hydrogen) atoms. The molecule has 1 fully saturated rings. The zero-order valence-electron chi connectivity index (χ0n) is 9.04. The molecule has 0 saturated carbocycles. The van der Waals surface area contributed by atoms with Crippen molar-refractivity contribution in [3.8, 4) is 0 Å². The van der Waals surface area contributed by atoms with E-state index < -0.39 is 5.97 Å². The highest BCUT2D eigenvalue weighted by Crippen LogP contribution is 2.04. The van der Waals surface area contributed by atoms with E-state index in [2.05, 4.69) is 10.6 Å². The van der Waals surface area contributed by atoms with Gasteiger partial charge in [-0.3, -0.25) is 4.79 Å². The molecule has 0 aromatic rings. The summed E-state index contributed by atoms with van der Waals surface area (Å²) in [6, 6.07) is 0.796. The molecule has 5 nitrogen and oxygen atoms in total. The summed E-state index contributed by atoms with van der Waals surface area (Å²) in [4.78, 5) is 10.4. The molecule has 0 radical (unpaired) electrons. The minimum atomic E-state index is -0.720. The van der Waals surface area contributed by atoms with Crippen molar-refractivity contribution in [1.82, 2.24) is 10.6 Å². The van der Waals surface area contributed by atoms with Gasteiger partial charge in [0.05, 0.1) is 0 Å². The Bertz CT molecular complexity index is 191. The fourth-order valence-corrected chi connectivity index (χ4v) is 1.83. The van der Waals surface area contributed by atoms with Gasteiger partial charge in [0.15, 0.2) is 0 Å². The van der Waals surface area contributed by atoms with Gasteiger partial charge in [0.25, 0.3) is 0 Å². The Morgan fingerprint density at radius 3 is 2.33 bits per heavy atom. The van der Waals surface area contributed by atoms with Crippen LogP contribution in [0, 0.1) is 0 Å². The van der Waals surface area contributed by atoms with Crippen molar-refractivity contribution in [3.05, 3.63) is 0 Å². The number of nitrogens with two attached hydrogens (primary N) is 1. The first kappa shape index (κ1) is 12.4. The lowest BCUT2D eigenvalue weighted by Gasteiger charge is -2.31. The lowest BCUT2D eigenvalue weighted by Crippen LogP contribution is -2.54. The Balaban J connectivity index is 2.09. The Labute approximate surface area is 90.4 Å². The molecule has 0 spiro atoms. The number of aliphatic carboxylic acids is 1.